The average molecular weight is 383 g/mol. The first-order chi connectivity index (χ1) is 13.7. The van der Waals surface area contributed by atoms with Crippen LogP contribution < -0.4 is 9.47 Å². The summed E-state index contributed by atoms with van der Waals surface area (Å²) < 4.78 is 21.4. The Kier molecular flexibility index (Phi) is 5.01. The highest BCUT2D eigenvalue weighted by Crippen LogP contribution is 2.31. The van der Waals surface area contributed by atoms with Gasteiger partial charge < -0.3 is 23.2 Å². The van der Waals surface area contributed by atoms with Crippen LogP contribution in [-0.2, 0) is 0 Å². The molecule has 0 unspecified atom stereocenters. The van der Waals surface area contributed by atoms with Crippen molar-refractivity contribution in [2.45, 2.75) is 18.8 Å². The molecule has 1 fully saturated rings. The fraction of sp³-hybridized carbons (Fsp3) is 0.350. The Morgan fingerprint density at radius 1 is 1.11 bits per heavy atom. The monoisotopic (exact) mass is 383 g/mol. The second-order valence-electron chi connectivity index (χ2n) is 6.59. The minimum atomic E-state index is -0.0241. The number of rotatable bonds is 5. The predicted molar refractivity (Wildman–Crippen MR) is 99.4 cm³/mol. The summed E-state index contributed by atoms with van der Waals surface area (Å²) in [6, 6.07) is 6.99. The van der Waals surface area contributed by atoms with Gasteiger partial charge in [-0.2, -0.15) is 0 Å². The Morgan fingerprint density at radius 3 is 2.57 bits per heavy atom. The molecule has 3 aromatic rings. The van der Waals surface area contributed by atoms with Crippen LogP contribution in [0.5, 0.6) is 11.5 Å². The highest BCUT2D eigenvalue weighted by Gasteiger charge is 2.28. The van der Waals surface area contributed by atoms with Gasteiger partial charge in [0, 0.05) is 24.6 Å². The summed E-state index contributed by atoms with van der Waals surface area (Å²) in [5.41, 5.74) is 1.34. The van der Waals surface area contributed by atoms with Gasteiger partial charge >= 0.3 is 0 Å². The van der Waals surface area contributed by atoms with E-state index in [9.17, 15) is 4.79 Å². The Labute approximate surface area is 162 Å². The largest absolute Gasteiger partial charge is 0.493 e. The summed E-state index contributed by atoms with van der Waals surface area (Å²) >= 11 is 0. The molecule has 0 saturated carbocycles. The van der Waals surface area contributed by atoms with Crippen LogP contribution >= 0.6 is 0 Å². The molecule has 1 aliphatic rings. The smallest absolute Gasteiger partial charge is 0.253 e. The van der Waals surface area contributed by atoms with Gasteiger partial charge in [-0.25, -0.2) is 0 Å². The van der Waals surface area contributed by atoms with Crippen molar-refractivity contribution in [2.24, 2.45) is 0 Å². The minimum absolute atomic E-state index is 0.0241. The summed E-state index contributed by atoms with van der Waals surface area (Å²) in [5, 5.41) is 8.26. The molecule has 8 nitrogen and oxygen atoms in total. The van der Waals surface area contributed by atoms with Crippen LogP contribution in [0.15, 0.2) is 45.6 Å². The molecule has 0 aliphatic carbocycles. The van der Waals surface area contributed by atoms with E-state index in [1.54, 1.807) is 51.0 Å². The van der Waals surface area contributed by atoms with E-state index < -0.39 is 0 Å². The number of piperidine rings is 1. The van der Waals surface area contributed by atoms with Crippen LogP contribution in [0.25, 0.3) is 11.5 Å². The van der Waals surface area contributed by atoms with Crippen LogP contribution in [0.1, 0.15) is 35.0 Å². The van der Waals surface area contributed by atoms with Gasteiger partial charge in [-0.05, 0) is 37.1 Å². The van der Waals surface area contributed by atoms with Crippen molar-refractivity contribution in [1.29, 1.82) is 0 Å². The van der Waals surface area contributed by atoms with E-state index in [-0.39, 0.29) is 11.8 Å². The van der Waals surface area contributed by atoms with Gasteiger partial charge in [0.15, 0.2) is 11.5 Å². The van der Waals surface area contributed by atoms with Crippen LogP contribution in [0.2, 0.25) is 0 Å². The molecule has 4 rings (SSSR count). The molecule has 3 heterocycles. The summed E-state index contributed by atoms with van der Waals surface area (Å²) in [6.45, 7) is 1.25. The number of benzene rings is 1. The number of methoxy groups -OCH3 is 2. The van der Waals surface area contributed by atoms with E-state index in [0.29, 0.717) is 41.9 Å². The second kappa shape index (κ2) is 7.75. The van der Waals surface area contributed by atoms with E-state index in [2.05, 4.69) is 10.2 Å². The van der Waals surface area contributed by atoms with Crippen LogP contribution in [0.4, 0.5) is 0 Å². The van der Waals surface area contributed by atoms with Gasteiger partial charge in [0.25, 0.3) is 11.8 Å². The number of carbonyl (C=O) groups excluding carboxylic acids is 1. The molecule has 1 aliphatic heterocycles. The first-order valence-electron chi connectivity index (χ1n) is 9.07. The van der Waals surface area contributed by atoms with Crippen molar-refractivity contribution in [3.63, 3.8) is 0 Å². The molecule has 0 radical (unpaired) electrons. The third-order valence-corrected chi connectivity index (χ3v) is 4.97. The summed E-state index contributed by atoms with van der Waals surface area (Å²) in [7, 11) is 3.12. The number of hydrogen-bond acceptors (Lipinski definition) is 7. The lowest BCUT2D eigenvalue weighted by molar-refractivity contribution is 0.0706. The van der Waals surface area contributed by atoms with Crippen LogP contribution in [0, 0.1) is 0 Å². The number of carbonyl (C=O) groups is 1. The van der Waals surface area contributed by atoms with E-state index in [4.69, 9.17) is 18.3 Å². The molecule has 8 heteroatoms. The molecule has 0 N–H and O–H groups in total. The first kappa shape index (κ1) is 18.1. The third kappa shape index (κ3) is 3.45. The Balaban J connectivity index is 1.41. The number of nitrogens with zero attached hydrogens (tertiary/aromatic N) is 3. The van der Waals surface area contributed by atoms with Crippen molar-refractivity contribution >= 4 is 5.91 Å². The maximum Gasteiger partial charge on any atom is 0.253 e. The van der Waals surface area contributed by atoms with Gasteiger partial charge in [-0.3, -0.25) is 4.79 Å². The summed E-state index contributed by atoms with van der Waals surface area (Å²) in [4.78, 5) is 14.7. The lowest BCUT2D eigenvalue weighted by Gasteiger charge is -2.30. The number of likely N-dealkylation sites (tertiary alicyclic amines) is 1. The maximum absolute atomic E-state index is 12.8. The van der Waals surface area contributed by atoms with E-state index in [1.807, 2.05) is 4.90 Å². The van der Waals surface area contributed by atoms with Crippen molar-refractivity contribution in [2.75, 3.05) is 27.3 Å². The van der Waals surface area contributed by atoms with Crippen molar-refractivity contribution < 1.29 is 23.1 Å². The van der Waals surface area contributed by atoms with Gasteiger partial charge in [0.1, 0.15) is 6.26 Å². The molecule has 0 spiro atoms. The van der Waals surface area contributed by atoms with Gasteiger partial charge in [-0.1, -0.05) is 0 Å². The minimum Gasteiger partial charge on any atom is -0.493 e. The molecule has 1 saturated heterocycles. The lowest BCUT2D eigenvalue weighted by atomic mass is 9.96. The Morgan fingerprint density at radius 2 is 1.89 bits per heavy atom. The quantitative estimate of drug-likeness (QED) is 0.667. The standard InChI is InChI=1S/C20H21N3O5/c1-25-16-4-3-14(11-17(16)26-2)20(24)23-8-5-13(6-9-23)18-21-22-19(28-18)15-7-10-27-12-15/h3-4,7,10-13H,5-6,8-9H2,1-2H3. The molecular weight excluding hydrogens is 362 g/mol. The average Bonchev–Trinajstić information content (AvgIpc) is 3.44. The van der Waals surface area contributed by atoms with E-state index in [1.165, 1.54) is 0 Å². The molecule has 146 valence electrons. The fourth-order valence-electron chi connectivity index (χ4n) is 3.38. The molecule has 28 heavy (non-hydrogen) atoms. The fourth-order valence-corrected chi connectivity index (χ4v) is 3.38. The lowest BCUT2D eigenvalue weighted by Crippen LogP contribution is -2.38. The molecule has 2 aromatic heterocycles. The Bertz CT molecular complexity index is 943. The van der Waals surface area contributed by atoms with Crippen molar-refractivity contribution in [1.82, 2.24) is 15.1 Å². The number of ether oxygens (including phenoxy) is 2. The van der Waals surface area contributed by atoms with Crippen LogP contribution in [0.3, 0.4) is 0 Å². The SMILES string of the molecule is COc1ccc(C(=O)N2CCC(c3nnc(-c4ccoc4)o3)CC2)cc1OC. The van der Waals surface area contributed by atoms with E-state index >= 15 is 0 Å². The van der Waals surface area contributed by atoms with Gasteiger partial charge in [-0.15, -0.1) is 10.2 Å². The zero-order valence-electron chi connectivity index (χ0n) is 15.8. The predicted octanol–water partition coefficient (Wildman–Crippen LogP) is 3.37. The van der Waals surface area contributed by atoms with Crippen LogP contribution in [-0.4, -0.2) is 48.3 Å². The number of hydrogen-bond donors (Lipinski definition) is 0. The molecular formula is C20H21N3O5. The van der Waals surface area contributed by atoms with Gasteiger partial charge in [0.05, 0.1) is 26.0 Å². The second-order valence-corrected chi connectivity index (χ2v) is 6.59. The number of furan rings is 1. The summed E-state index contributed by atoms with van der Waals surface area (Å²) in [5.74, 6) is 2.32. The maximum atomic E-state index is 12.8. The normalized spacial score (nSPS) is 14.9. The zero-order chi connectivity index (χ0) is 19.5. The van der Waals surface area contributed by atoms with Crippen molar-refractivity contribution in [3.05, 3.63) is 48.2 Å². The highest BCUT2D eigenvalue weighted by atomic mass is 16.5. The number of amides is 1. The molecule has 1 amide bonds. The van der Waals surface area contributed by atoms with E-state index in [0.717, 1.165) is 18.4 Å². The molecule has 0 atom stereocenters. The van der Waals surface area contributed by atoms with Gasteiger partial charge in [0.2, 0.25) is 5.89 Å². The van der Waals surface area contributed by atoms with Crippen molar-refractivity contribution in [3.8, 4) is 23.0 Å². The summed E-state index contributed by atoms with van der Waals surface area (Å²) in [6.07, 6.45) is 4.68. The molecule has 1 aromatic carbocycles. The highest BCUT2D eigenvalue weighted by molar-refractivity contribution is 5.95. The topological polar surface area (TPSA) is 90.8 Å². The number of aromatic nitrogens is 2. The zero-order valence-corrected chi connectivity index (χ0v) is 15.8. The molecule has 0 bridgehead atoms. The third-order valence-electron chi connectivity index (χ3n) is 4.97. The first-order valence-corrected chi connectivity index (χ1v) is 9.07. The Hall–Kier alpha value is -3.29.